The second-order valence-corrected chi connectivity index (χ2v) is 37.3. The molecule has 4 saturated heterocycles. The fourth-order valence-corrected chi connectivity index (χ4v) is 18.0. The first-order chi connectivity index (χ1) is 63.6. The minimum absolute atomic E-state index is 0.00000519. The molecule has 133 heavy (non-hydrogen) atoms. The molecule has 10 heterocycles. The molecule has 4 aliphatic heterocycles. The molecule has 4 aromatic carbocycles. The number of carbonyl (C=O) groups is 8. The topological polar surface area (TPSA) is 563 Å². The minimum atomic E-state index is -1.50. The van der Waals surface area contributed by atoms with Crippen LogP contribution in [0.4, 0.5) is 16.0 Å². The highest BCUT2D eigenvalue weighted by Crippen LogP contribution is 2.43. The van der Waals surface area contributed by atoms with Crippen molar-refractivity contribution >= 4 is 127 Å². The average molecular weight is 1920 g/mol. The lowest BCUT2D eigenvalue weighted by Gasteiger charge is -2.35. The van der Waals surface area contributed by atoms with Crippen LogP contribution in [0.3, 0.4) is 0 Å². The van der Waals surface area contributed by atoms with Gasteiger partial charge < -0.3 is 117 Å². The normalized spacial score (nSPS) is 21.5. The molecule has 4 aliphatic rings. The molecule has 18 N–H and O–H groups in total. The maximum absolute atomic E-state index is 14.1. The van der Waals surface area contributed by atoms with Crippen molar-refractivity contribution in [3.05, 3.63) is 177 Å². The van der Waals surface area contributed by atoms with Gasteiger partial charge in [0.1, 0.15) is 126 Å². The number of ether oxygens (including phenoxy) is 4. The lowest BCUT2D eigenvalue weighted by Crippen LogP contribution is -2.57. The molecule has 0 spiro atoms. The summed E-state index contributed by atoms with van der Waals surface area (Å²) in [5, 5.41) is 105. The Labute approximate surface area is 784 Å². The monoisotopic (exact) mass is 1920 g/mol. The number of anilines is 2. The van der Waals surface area contributed by atoms with Crippen molar-refractivity contribution in [3.63, 3.8) is 0 Å². The van der Waals surface area contributed by atoms with Crippen LogP contribution in [0, 0.1) is 30.6 Å². The zero-order chi connectivity index (χ0) is 97.5. The van der Waals surface area contributed by atoms with Gasteiger partial charge in [0.2, 0.25) is 29.5 Å². The number of nitrogens with zero attached hydrogens (tertiary/aromatic N) is 10. The molecule has 5 amide bonds. The second-order valence-electron chi connectivity index (χ2n) is 34.7. The van der Waals surface area contributed by atoms with Crippen molar-refractivity contribution in [1.82, 2.24) is 64.8 Å². The van der Waals surface area contributed by atoms with Gasteiger partial charge in [0.05, 0.1) is 73.7 Å². The summed E-state index contributed by atoms with van der Waals surface area (Å²) in [7, 11) is -1.00. The van der Waals surface area contributed by atoms with Crippen molar-refractivity contribution in [2.24, 2.45) is 22.5 Å². The standard InChI is InChI=1S/C46H54ClN7O10S.C25H35N5O4S.C19H19ClN4O7.CH3F/c1-24-40(65-23-52-24)26-10-8-25(9-11-26)19-49-43(61)34-18-30(57)20-54(34)44(62)32(46(2,3)4)17-28(55)6-5-7-29(56)21-63-35-16-27(12-13-33(35)47)36(58)39-37(59)38(60)45(64-39)53-15-14-31-41(48)50-22-51-42(31)53;1-15-21(35-14-28-15)17-7-5-16(6-8-17)12-27-23(33)19-11-18(31)13-30(19)24(34)22(25(2,3)4)29-20(32)9-10-26;20-10-2-1-8(5-11(10)30-6-12(25)26)13(27)16-14(28)15(29)19(31-16)24-4-3-9-17(21)22-7-23-18(9)24;1-2/h8-16,22-23,30,32,34,36-39,45,57-60H,5-7,17-21H2,1-4H3,(H,49,61)(H2,48,50,51);5-8,14,18-19,22,31H,9-13,26H2,1-4H3,(H,27,33)(H,29,32);1-5,7,13-16,19,27-29H,6H2,(H,25,26)(H2,21,22,23);1H3/t30-,32-,34+,36-,37+,38-,39-,45-;18-,19+,22-;13-,14+,15-,16-,19-;/m111./s1/i;;;1D. The van der Waals surface area contributed by atoms with Gasteiger partial charge in [0, 0.05) is 89.6 Å². The summed E-state index contributed by atoms with van der Waals surface area (Å²) in [6.45, 7) is 14.7. The van der Waals surface area contributed by atoms with Gasteiger partial charge in [-0.05, 0) is 101 Å². The summed E-state index contributed by atoms with van der Waals surface area (Å²) in [5.41, 5.74) is 26.7. The number of aliphatic hydroxyl groups excluding tert-OH is 8. The lowest BCUT2D eigenvalue weighted by atomic mass is 9.76. The third kappa shape index (κ3) is 24.9. The number of rotatable bonds is 31. The molecule has 714 valence electrons. The van der Waals surface area contributed by atoms with Gasteiger partial charge in [-0.25, -0.2) is 34.7 Å². The molecular weight excluding hydrogens is 1810 g/mol. The maximum atomic E-state index is 14.1. The number of nitrogen functional groups attached to an aromatic ring is 2. The molecule has 6 aromatic heterocycles. The number of aryl methyl sites for hydroxylation is 2. The first-order valence-corrected chi connectivity index (χ1v) is 45.1. The largest absolute Gasteiger partial charge is 0.484 e. The van der Waals surface area contributed by atoms with Crippen LogP contribution in [0.5, 0.6) is 11.5 Å². The highest BCUT2D eigenvalue weighted by molar-refractivity contribution is 7.13. The number of nitrogens with one attached hydrogen (secondary N) is 3. The van der Waals surface area contributed by atoms with Gasteiger partial charge in [0.15, 0.2) is 24.8 Å². The zero-order valence-electron chi connectivity index (χ0n) is 75.1. The van der Waals surface area contributed by atoms with E-state index in [1.807, 2.05) is 109 Å². The maximum Gasteiger partial charge on any atom is 0.341 e. The van der Waals surface area contributed by atoms with Gasteiger partial charge in [-0.2, -0.15) is 0 Å². The fraction of sp³-hybridized carbons (Fsp3) is 0.451. The van der Waals surface area contributed by atoms with E-state index < -0.39 is 128 Å². The number of carboxylic acids is 1. The number of carbonyl (C=O) groups excluding carboxylic acids is 7. The molecule has 37 nitrogen and oxygen atoms in total. The Morgan fingerprint density at radius 1 is 0.586 bits per heavy atom. The first kappa shape index (κ1) is 101. The summed E-state index contributed by atoms with van der Waals surface area (Å²) in [4.78, 5) is 133. The number of thiazole rings is 2. The molecule has 42 heteroatoms. The van der Waals surface area contributed by atoms with E-state index in [0.717, 1.165) is 43.4 Å². The Balaban J connectivity index is 0.000000210. The number of hydrogen-bond acceptors (Lipinski definition) is 31. The molecule has 16 atom stereocenters. The van der Waals surface area contributed by atoms with Gasteiger partial charge in [-0.1, -0.05) is 125 Å². The van der Waals surface area contributed by atoms with Crippen LogP contribution in [-0.4, -0.2) is 249 Å². The number of alkyl halides is 1. The number of halogens is 3. The first-order valence-electron chi connectivity index (χ1n) is 43.3. The Morgan fingerprint density at radius 2 is 1.02 bits per heavy atom. The third-order valence-electron chi connectivity index (χ3n) is 23.2. The predicted octanol–water partition coefficient (Wildman–Crippen LogP) is 7.11. The Kier molecular flexibility index (Phi) is 34.3. The van der Waals surface area contributed by atoms with E-state index in [0.29, 0.717) is 28.6 Å². The van der Waals surface area contributed by atoms with Crippen molar-refractivity contribution < 1.29 is 109 Å². The Hall–Kier alpha value is -11.2. The number of nitrogens with two attached hydrogens (primary N) is 3. The number of ketones is 2. The quantitative estimate of drug-likeness (QED) is 0.0206. The summed E-state index contributed by atoms with van der Waals surface area (Å²) in [5.74, 6) is -3.71. The third-order valence-corrected chi connectivity index (χ3v) is 25.8. The number of hydrogen-bond donors (Lipinski definition) is 15. The van der Waals surface area contributed by atoms with Crippen LogP contribution in [-0.2, 0) is 60.9 Å². The number of aromatic nitrogens is 8. The van der Waals surface area contributed by atoms with Crippen LogP contribution in [0.1, 0.15) is 146 Å². The minimum Gasteiger partial charge on any atom is -0.484 e. The Bertz CT molecular complexity index is 5770. The van der Waals surface area contributed by atoms with E-state index in [1.54, 1.807) is 52.7 Å². The van der Waals surface area contributed by atoms with Crippen LogP contribution in [0.15, 0.2) is 133 Å². The molecule has 0 aliphatic carbocycles. The molecule has 0 bridgehead atoms. The van der Waals surface area contributed by atoms with E-state index in [2.05, 4.69) is 45.9 Å². The molecule has 4 fully saturated rings. The van der Waals surface area contributed by atoms with Crippen LogP contribution < -0.4 is 42.6 Å². The molecular formula is C91H111Cl2FN16O21S2. The number of aliphatic carboxylic acids is 1. The number of aliphatic hydroxyl groups is 8. The van der Waals surface area contributed by atoms with Crippen molar-refractivity contribution in [1.29, 1.82) is 0 Å². The zero-order valence-corrected chi connectivity index (χ0v) is 77.3. The van der Waals surface area contributed by atoms with E-state index in [-0.39, 0.29) is 163 Å². The second kappa shape index (κ2) is 45.2. The molecule has 14 rings (SSSR count). The smallest absolute Gasteiger partial charge is 0.341 e. The average Bonchev–Trinajstić information content (AvgIpc) is 1.55. The van der Waals surface area contributed by atoms with Crippen LogP contribution in [0.2, 0.25) is 10.0 Å². The molecule has 10 aromatic rings. The molecule has 0 radical (unpaired) electrons. The van der Waals surface area contributed by atoms with Gasteiger partial charge >= 0.3 is 5.97 Å². The van der Waals surface area contributed by atoms with E-state index in [9.17, 15) is 83.6 Å². The molecule has 0 unspecified atom stereocenters. The van der Waals surface area contributed by atoms with Gasteiger partial charge in [-0.3, -0.25) is 38.0 Å². The van der Waals surface area contributed by atoms with Crippen molar-refractivity contribution in [2.45, 2.75) is 205 Å². The Morgan fingerprint density at radius 3 is 1.42 bits per heavy atom. The van der Waals surface area contributed by atoms with E-state index >= 15 is 0 Å². The number of amides is 5. The van der Waals surface area contributed by atoms with Crippen LogP contribution >= 0.6 is 45.9 Å². The number of β-amino-alcohol motifs (C(OH)–C–C–N with tert-alkyl or cyclic N) is 2. The summed E-state index contributed by atoms with van der Waals surface area (Å²) in [6.07, 6.45) is -8.71. The predicted molar refractivity (Wildman–Crippen MR) is 491 cm³/mol. The van der Waals surface area contributed by atoms with Crippen molar-refractivity contribution in [2.75, 3.05) is 51.5 Å². The van der Waals surface area contributed by atoms with Gasteiger partial charge in [-0.15, -0.1) is 22.7 Å². The van der Waals surface area contributed by atoms with Gasteiger partial charge in [0.25, 0.3) is 0 Å². The van der Waals surface area contributed by atoms with Crippen LogP contribution in [0.25, 0.3) is 42.9 Å². The van der Waals surface area contributed by atoms with E-state index in [4.69, 9.17) is 65.8 Å². The number of likely N-dealkylation sites (tertiary alicyclic amines) is 2. The summed E-state index contributed by atoms with van der Waals surface area (Å²) < 4.78 is 41.1. The van der Waals surface area contributed by atoms with Crippen molar-refractivity contribution in [3.8, 4) is 32.4 Å². The highest BCUT2D eigenvalue weighted by Gasteiger charge is 2.51. The summed E-state index contributed by atoms with van der Waals surface area (Å²) in [6, 6.07) is 25.1. The number of Topliss-reactive ketones (excluding diaryl/α,β-unsaturated/α-hetero) is 2. The highest BCUT2D eigenvalue weighted by atomic mass is 35.5. The summed E-state index contributed by atoms with van der Waals surface area (Å²) >= 11 is 15.5. The lowest BCUT2D eigenvalue weighted by molar-refractivity contribution is -0.146. The number of fused-ring (bicyclic) bond motifs is 2. The molecule has 0 saturated carbocycles. The van der Waals surface area contributed by atoms with E-state index in [1.165, 1.54) is 68.0 Å². The SMILES string of the molecule is Cc1ncsc1-c1ccc(CNC(=O)[C@@H]2C[C@@H](O)CN2C(=O)[C@@H](CC(=O)CCCC(=O)COc2cc([C@@H](O)[C@H]3O[C@@H](n4ccc5c(N)ncnc54)[C@H](O)[C@@H]3O)ccc2Cl)C(C)(C)C)cc1.Cc1ncsc1-c1ccc(CNC(=O)[C@@H]2C[C@@H](O)CN2C(=O)[C@@H](NC(=O)CCN)C(C)(C)C)cc1.Nc1ncnc2c1ccn2[C@@H]1O[C@H]([C@H](O)c2ccc(Cl)c(OCC(=O)O)c2)[C@@H](O)[C@H]1O.[2H]CF. The number of benzene rings is 4. The fourth-order valence-electron chi connectivity index (χ4n) is 16.0. The number of carboxylic acid groups (broad SMARTS) is 1.